The minimum absolute atomic E-state index is 0.0304. The van der Waals surface area contributed by atoms with Gasteiger partial charge in [0.1, 0.15) is 0 Å². The molecule has 0 bridgehead atoms. The Morgan fingerprint density at radius 3 is 2.81 bits per heavy atom. The fraction of sp³-hybridized carbons (Fsp3) is 0.389. The number of halogens is 2. The number of H-pyrrole nitrogens is 1. The van der Waals surface area contributed by atoms with Crippen LogP contribution in [-0.2, 0) is 22.4 Å². The summed E-state index contributed by atoms with van der Waals surface area (Å²) in [4.78, 5) is 29.3. The van der Waals surface area contributed by atoms with Gasteiger partial charge in [-0.1, -0.05) is 23.2 Å². The van der Waals surface area contributed by atoms with Gasteiger partial charge in [-0.2, -0.15) is 5.26 Å². The third-order valence-electron chi connectivity index (χ3n) is 4.67. The lowest BCUT2D eigenvalue weighted by molar-refractivity contribution is -0.129. The predicted molar refractivity (Wildman–Crippen MR) is 100 cm³/mol. The van der Waals surface area contributed by atoms with Crippen molar-refractivity contribution in [3.05, 3.63) is 32.9 Å². The molecular formula is C18H18Cl2N4O2. The lowest BCUT2D eigenvalue weighted by Crippen LogP contribution is -2.30. The molecule has 1 aromatic heterocycles. The Hall–Kier alpha value is -2.23. The van der Waals surface area contributed by atoms with E-state index in [9.17, 15) is 9.59 Å². The molecule has 2 aromatic rings. The fourth-order valence-corrected chi connectivity index (χ4v) is 3.79. The Labute approximate surface area is 161 Å². The summed E-state index contributed by atoms with van der Waals surface area (Å²) < 4.78 is 0. The molecule has 0 fully saturated rings. The van der Waals surface area contributed by atoms with Gasteiger partial charge in [0.15, 0.2) is 0 Å². The molecule has 0 radical (unpaired) electrons. The van der Waals surface area contributed by atoms with Gasteiger partial charge < -0.3 is 15.2 Å². The molecule has 1 aromatic carbocycles. The summed E-state index contributed by atoms with van der Waals surface area (Å²) in [6, 6.07) is 3.80. The molecule has 2 heterocycles. The highest BCUT2D eigenvalue weighted by Crippen LogP contribution is 2.40. The Morgan fingerprint density at radius 2 is 2.15 bits per heavy atom. The van der Waals surface area contributed by atoms with Crippen molar-refractivity contribution in [1.82, 2.24) is 15.2 Å². The first kappa shape index (κ1) is 18.6. The monoisotopic (exact) mass is 392 g/mol. The number of nitrogens with one attached hydrogen (secondary N) is 2. The molecule has 1 aliphatic rings. The summed E-state index contributed by atoms with van der Waals surface area (Å²) in [6.07, 6.45) is 0.574. The van der Waals surface area contributed by atoms with Gasteiger partial charge in [-0.15, -0.1) is 0 Å². The van der Waals surface area contributed by atoms with Crippen LogP contribution in [0.2, 0.25) is 10.0 Å². The second-order valence-electron chi connectivity index (χ2n) is 6.60. The number of hydrogen-bond acceptors (Lipinski definition) is 3. The van der Waals surface area contributed by atoms with E-state index < -0.39 is 0 Å². The first-order valence-electron chi connectivity index (χ1n) is 8.18. The number of nitriles is 1. The molecule has 6 nitrogen and oxygen atoms in total. The zero-order valence-corrected chi connectivity index (χ0v) is 16.0. The Bertz CT molecular complexity index is 943. The van der Waals surface area contributed by atoms with Crippen LogP contribution in [0, 0.1) is 11.3 Å². The van der Waals surface area contributed by atoms with Gasteiger partial charge in [-0.3, -0.25) is 9.59 Å². The average molecular weight is 393 g/mol. The Kier molecular flexibility index (Phi) is 5.12. The molecule has 0 spiro atoms. The third-order valence-corrected chi connectivity index (χ3v) is 5.46. The van der Waals surface area contributed by atoms with Crippen LogP contribution in [0.25, 0.3) is 10.9 Å². The van der Waals surface area contributed by atoms with E-state index in [-0.39, 0.29) is 37.0 Å². The van der Waals surface area contributed by atoms with Gasteiger partial charge >= 0.3 is 0 Å². The van der Waals surface area contributed by atoms with Crippen molar-refractivity contribution in [2.45, 2.75) is 25.2 Å². The normalized spacial score (nSPS) is 16.6. The highest BCUT2D eigenvalue weighted by Gasteiger charge is 2.30. The van der Waals surface area contributed by atoms with Crippen molar-refractivity contribution in [3.8, 4) is 6.07 Å². The van der Waals surface area contributed by atoms with Crippen molar-refractivity contribution < 1.29 is 9.59 Å². The number of amides is 2. The fourth-order valence-electron chi connectivity index (χ4n) is 3.37. The Balaban J connectivity index is 2.23. The van der Waals surface area contributed by atoms with E-state index in [0.717, 1.165) is 22.2 Å². The number of rotatable bonds is 3. The van der Waals surface area contributed by atoms with Crippen LogP contribution in [0.1, 0.15) is 29.2 Å². The van der Waals surface area contributed by atoms with E-state index in [0.29, 0.717) is 22.1 Å². The van der Waals surface area contributed by atoms with Gasteiger partial charge in [0.2, 0.25) is 11.8 Å². The molecule has 0 aliphatic carbocycles. The van der Waals surface area contributed by atoms with Crippen molar-refractivity contribution in [3.63, 3.8) is 0 Å². The summed E-state index contributed by atoms with van der Waals surface area (Å²) in [5.41, 5.74) is 2.93. The number of aromatic nitrogens is 1. The predicted octanol–water partition coefficient (Wildman–Crippen LogP) is 2.77. The number of benzene rings is 1. The minimum Gasteiger partial charge on any atom is -0.357 e. The summed E-state index contributed by atoms with van der Waals surface area (Å²) in [6.45, 7) is 0.358. The van der Waals surface area contributed by atoms with Crippen molar-refractivity contribution in [2.24, 2.45) is 0 Å². The standard InChI is InChI=1S/C18H18Cl2N4O2/c1-24(2)14(26)6-10-8-22-13(25)7-11-15-9(3-4-21)5-12(19)16(20)18(15)23-17(10)11/h5,10,23H,3,6-8H2,1-2H3,(H,22,25). The third kappa shape index (κ3) is 3.25. The van der Waals surface area contributed by atoms with E-state index in [4.69, 9.17) is 28.5 Å². The number of hydrogen-bond donors (Lipinski definition) is 2. The first-order valence-corrected chi connectivity index (χ1v) is 8.94. The number of carbonyl (C=O) groups excluding carboxylic acids is 2. The first-order chi connectivity index (χ1) is 12.3. The molecule has 2 amide bonds. The van der Waals surface area contributed by atoms with Crippen LogP contribution >= 0.6 is 23.2 Å². The highest BCUT2D eigenvalue weighted by molar-refractivity contribution is 6.45. The van der Waals surface area contributed by atoms with Crippen molar-refractivity contribution >= 4 is 45.9 Å². The van der Waals surface area contributed by atoms with E-state index in [1.54, 1.807) is 20.2 Å². The van der Waals surface area contributed by atoms with Gasteiger partial charge in [-0.05, 0) is 17.2 Å². The zero-order valence-electron chi connectivity index (χ0n) is 14.4. The van der Waals surface area contributed by atoms with Gasteiger partial charge in [-0.25, -0.2) is 0 Å². The maximum absolute atomic E-state index is 12.2. The molecule has 0 saturated heterocycles. The molecule has 3 rings (SSSR count). The number of nitrogens with zero attached hydrogens (tertiary/aromatic N) is 2. The summed E-state index contributed by atoms with van der Waals surface area (Å²) >= 11 is 12.6. The van der Waals surface area contributed by atoms with Gasteiger partial charge in [0, 0.05) is 44.1 Å². The maximum atomic E-state index is 12.2. The quantitative estimate of drug-likeness (QED) is 0.841. The molecule has 1 unspecified atom stereocenters. The maximum Gasteiger partial charge on any atom is 0.224 e. The van der Waals surface area contributed by atoms with Gasteiger partial charge in [0.25, 0.3) is 0 Å². The molecule has 8 heteroatoms. The summed E-state index contributed by atoms with van der Waals surface area (Å²) in [5, 5.41) is 13.5. The van der Waals surface area contributed by atoms with Crippen molar-refractivity contribution in [2.75, 3.05) is 20.6 Å². The van der Waals surface area contributed by atoms with E-state index in [1.807, 2.05) is 0 Å². The minimum atomic E-state index is -0.205. The van der Waals surface area contributed by atoms with E-state index in [1.165, 1.54) is 4.90 Å². The summed E-state index contributed by atoms with van der Waals surface area (Å²) in [7, 11) is 3.40. The van der Waals surface area contributed by atoms with Crippen LogP contribution < -0.4 is 5.32 Å². The molecular weight excluding hydrogens is 375 g/mol. The zero-order chi connectivity index (χ0) is 19.0. The second-order valence-corrected chi connectivity index (χ2v) is 7.39. The highest BCUT2D eigenvalue weighted by atomic mass is 35.5. The average Bonchev–Trinajstić information content (AvgIpc) is 2.88. The van der Waals surface area contributed by atoms with Crippen LogP contribution in [-0.4, -0.2) is 42.3 Å². The number of aromatic amines is 1. The SMILES string of the molecule is CN(C)C(=O)CC1CNC(=O)Cc2c1[nH]c1c(Cl)c(Cl)cc(CC#N)c21. The van der Waals surface area contributed by atoms with Crippen LogP contribution in [0.3, 0.4) is 0 Å². The van der Waals surface area contributed by atoms with E-state index >= 15 is 0 Å². The summed E-state index contributed by atoms with van der Waals surface area (Å²) in [5.74, 6) is -0.360. The van der Waals surface area contributed by atoms with E-state index in [2.05, 4.69) is 16.4 Å². The second kappa shape index (κ2) is 7.18. The molecule has 1 aliphatic heterocycles. The van der Waals surface area contributed by atoms with Crippen molar-refractivity contribution in [1.29, 1.82) is 5.26 Å². The lowest BCUT2D eigenvalue weighted by atomic mass is 9.94. The Morgan fingerprint density at radius 1 is 1.42 bits per heavy atom. The topological polar surface area (TPSA) is 89.0 Å². The molecule has 0 saturated carbocycles. The smallest absolute Gasteiger partial charge is 0.224 e. The van der Waals surface area contributed by atoms with Gasteiger partial charge in [0.05, 0.1) is 34.5 Å². The van der Waals surface area contributed by atoms with Crippen LogP contribution in [0.4, 0.5) is 0 Å². The number of fused-ring (bicyclic) bond motifs is 3. The molecule has 26 heavy (non-hydrogen) atoms. The lowest BCUT2D eigenvalue weighted by Gasteiger charge is -2.17. The molecule has 136 valence electrons. The number of carbonyl (C=O) groups is 2. The molecule has 1 atom stereocenters. The van der Waals surface area contributed by atoms with Crippen LogP contribution in [0.5, 0.6) is 0 Å². The molecule has 2 N–H and O–H groups in total. The largest absolute Gasteiger partial charge is 0.357 e. The van der Waals surface area contributed by atoms with Crippen LogP contribution in [0.15, 0.2) is 6.07 Å².